The molecule has 3 nitrogen and oxygen atoms in total. The molecule has 0 spiro atoms. The molecular weight excluding hydrogens is 334 g/mol. The highest BCUT2D eigenvalue weighted by molar-refractivity contribution is 6.03. The molecule has 1 atom stereocenters. The van der Waals surface area contributed by atoms with Gasteiger partial charge < -0.3 is 10.5 Å². The lowest BCUT2D eigenvalue weighted by Gasteiger charge is -2.21. The van der Waals surface area contributed by atoms with E-state index >= 15 is 0 Å². The number of hydrogen-bond donors (Lipinski definition) is 1. The van der Waals surface area contributed by atoms with Gasteiger partial charge in [-0.15, -0.1) is 0 Å². The molecule has 2 N–H and O–H groups in total. The zero-order valence-corrected chi connectivity index (χ0v) is 15.3. The average molecular weight is 357 g/mol. The summed E-state index contributed by atoms with van der Waals surface area (Å²) in [5.41, 5.74) is 10.6. The number of esters is 1. The summed E-state index contributed by atoms with van der Waals surface area (Å²) in [6.07, 6.45) is 0. The van der Waals surface area contributed by atoms with E-state index in [9.17, 15) is 4.79 Å². The van der Waals surface area contributed by atoms with E-state index in [0.717, 1.165) is 22.3 Å². The van der Waals surface area contributed by atoms with Gasteiger partial charge in [0.1, 0.15) is 0 Å². The van der Waals surface area contributed by atoms with Crippen molar-refractivity contribution in [3.8, 4) is 0 Å². The van der Waals surface area contributed by atoms with Crippen molar-refractivity contribution < 1.29 is 9.53 Å². The van der Waals surface area contributed by atoms with E-state index in [-0.39, 0.29) is 0 Å². The third-order valence-electron chi connectivity index (χ3n) is 4.36. The van der Waals surface area contributed by atoms with E-state index in [4.69, 9.17) is 10.5 Å². The SMILES string of the molecule is CCOC(=O)C(=C(c1ccccc1)c1ccccc1)[C@@H](N)c1ccccc1. The van der Waals surface area contributed by atoms with E-state index in [1.54, 1.807) is 6.92 Å². The monoisotopic (exact) mass is 357 g/mol. The molecule has 0 saturated carbocycles. The normalized spacial score (nSPS) is 11.5. The molecule has 0 aliphatic heterocycles. The van der Waals surface area contributed by atoms with Gasteiger partial charge in [0.25, 0.3) is 0 Å². The van der Waals surface area contributed by atoms with Gasteiger partial charge >= 0.3 is 5.97 Å². The molecule has 0 aromatic heterocycles. The molecule has 3 aromatic rings. The molecule has 0 radical (unpaired) electrons. The molecule has 0 aliphatic rings. The Morgan fingerprint density at radius 1 is 0.815 bits per heavy atom. The summed E-state index contributed by atoms with van der Waals surface area (Å²) in [5, 5.41) is 0. The molecule has 3 heteroatoms. The fourth-order valence-corrected chi connectivity index (χ4v) is 3.11. The first kappa shape index (κ1) is 18.6. The highest BCUT2D eigenvalue weighted by atomic mass is 16.5. The van der Waals surface area contributed by atoms with Crippen LogP contribution >= 0.6 is 0 Å². The Hall–Kier alpha value is -3.17. The van der Waals surface area contributed by atoms with Crippen LogP contribution < -0.4 is 5.73 Å². The van der Waals surface area contributed by atoms with Gasteiger partial charge in [0.05, 0.1) is 18.2 Å². The maximum Gasteiger partial charge on any atom is 0.336 e. The zero-order chi connectivity index (χ0) is 19.1. The van der Waals surface area contributed by atoms with E-state index in [1.165, 1.54) is 0 Å². The van der Waals surface area contributed by atoms with E-state index in [1.807, 2.05) is 91.0 Å². The summed E-state index contributed by atoms with van der Waals surface area (Å²) in [4.78, 5) is 13.0. The molecule has 0 unspecified atom stereocenters. The molecule has 0 bridgehead atoms. The molecule has 27 heavy (non-hydrogen) atoms. The molecule has 0 heterocycles. The Morgan fingerprint density at radius 2 is 1.26 bits per heavy atom. The fraction of sp³-hybridized carbons (Fsp3) is 0.125. The minimum absolute atomic E-state index is 0.292. The molecule has 3 rings (SSSR count). The van der Waals surface area contributed by atoms with Crippen molar-refractivity contribution in [2.24, 2.45) is 5.73 Å². The summed E-state index contributed by atoms with van der Waals surface area (Å²) < 4.78 is 5.39. The summed E-state index contributed by atoms with van der Waals surface area (Å²) in [5.74, 6) is -0.392. The first-order valence-electron chi connectivity index (χ1n) is 9.05. The van der Waals surface area contributed by atoms with Crippen LogP contribution in [0.25, 0.3) is 5.57 Å². The van der Waals surface area contributed by atoms with Crippen molar-refractivity contribution >= 4 is 11.5 Å². The average Bonchev–Trinajstić information content (AvgIpc) is 2.73. The number of rotatable bonds is 6. The summed E-state index contributed by atoms with van der Waals surface area (Å²) >= 11 is 0. The van der Waals surface area contributed by atoms with Crippen molar-refractivity contribution in [2.75, 3.05) is 6.61 Å². The van der Waals surface area contributed by atoms with Crippen molar-refractivity contribution in [1.82, 2.24) is 0 Å². The first-order valence-corrected chi connectivity index (χ1v) is 9.05. The Balaban J connectivity index is 2.27. The van der Waals surface area contributed by atoms with Crippen LogP contribution in [0.15, 0.2) is 96.6 Å². The Labute approximate surface area is 160 Å². The lowest BCUT2D eigenvalue weighted by atomic mass is 9.87. The number of carbonyl (C=O) groups excluding carboxylic acids is 1. The third kappa shape index (κ3) is 4.33. The van der Waals surface area contributed by atoms with Crippen LogP contribution in [0.1, 0.15) is 29.7 Å². The molecule has 0 fully saturated rings. The second kappa shape index (κ2) is 8.97. The first-order chi connectivity index (χ1) is 13.2. The predicted molar refractivity (Wildman–Crippen MR) is 109 cm³/mol. The standard InChI is InChI=1S/C24H23NO2/c1-2-27-24(26)22(23(25)20-16-10-5-11-17-20)21(18-12-6-3-7-13-18)19-14-8-4-9-15-19/h3-17,23H,2,25H2,1H3/t23-/m0/s1. The summed E-state index contributed by atoms with van der Waals surface area (Å²) in [6.45, 7) is 2.09. The highest BCUT2D eigenvalue weighted by Crippen LogP contribution is 2.33. The maximum absolute atomic E-state index is 13.0. The van der Waals surface area contributed by atoms with Crippen LogP contribution in [0.4, 0.5) is 0 Å². The highest BCUT2D eigenvalue weighted by Gasteiger charge is 2.26. The van der Waals surface area contributed by atoms with Crippen LogP contribution in [-0.2, 0) is 9.53 Å². The minimum Gasteiger partial charge on any atom is -0.463 e. The van der Waals surface area contributed by atoms with Crippen LogP contribution in [0.3, 0.4) is 0 Å². The second-order valence-electron chi connectivity index (χ2n) is 6.13. The van der Waals surface area contributed by atoms with E-state index in [2.05, 4.69) is 0 Å². The Morgan fingerprint density at radius 3 is 1.70 bits per heavy atom. The van der Waals surface area contributed by atoms with Crippen LogP contribution in [0.2, 0.25) is 0 Å². The largest absolute Gasteiger partial charge is 0.463 e. The van der Waals surface area contributed by atoms with Crippen molar-refractivity contribution in [3.05, 3.63) is 113 Å². The van der Waals surface area contributed by atoms with Crippen molar-refractivity contribution in [2.45, 2.75) is 13.0 Å². The molecule has 0 amide bonds. The minimum atomic E-state index is -0.597. The van der Waals surface area contributed by atoms with Gasteiger partial charge in [-0.3, -0.25) is 0 Å². The number of nitrogens with two attached hydrogens (primary N) is 1. The lowest BCUT2D eigenvalue weighted by Crippen LogP contribution is -2.23. The number of carbonyl (C=O) groups is 1. The molecule has 0 saturated heterocycles. The van der Waals surface area contributed by atoms with Crippen LogP contribution in [-0.4, -0.2) is 12.6 Å². The van der Waals surface area contributed by atoms with Crippen molar-refractivity contribution in [1.29, 1.82) is 0 Å². The van der Waals surface area contributed by atoms with E-state index < -0.39 is 12.0 Å². The zero-order valence-electron chi connectivity index (χ0n) is 15.3. The second-order valence-corrected chi connectivity index (χ2v) is 6.13. The van der Waals surface area contributed by atoms with Crippen molar-refractivity contribution in [3.63, 3.8) is 0 Å². The number of hydrogen-bond acceptors (Lipinski definition) is 3. The van der Waals surface area contributed by atoms with Gasteiger partial charge in [0, 0.05) is 5.57 Å². The number of ether oxygens (including phenoxy) is 1. The van der Waals surface area contributed by atoms with Gasteiger partial charge in [-0.05, 0) is 23.6 Å². The van der Waals surface area contributed by atoms with Crippen LogP contribution in [0.5, 0.6) is 0 Å². The van der Waals surface area contributed by atoms with Crippen LogP contribution in [0, 0.1) is 0 Å². The van der Waals surface area contributed by atoms with Gasteiger partial charge in [-0.2, -0.15) is 0 Å². The predicted octanol–water partition coefficient (Wildman–Crippen LogP) is 4.75. The Bertz CT molecular complexity index is 861. The number of benzene rings is 3. The smallest absolute Gasteiger partial charge is 0.336 e. The van der Waals surface area contributed by atoms with Gasteiger partial charge in [-0.1, -0.05) is 91.0 Å². The summed E-state index contributed by atoms with van der Waals surface area (Å²) in [7, 11) is 0. The van der Waals surface area contributed by atoms with E-state index in [0.29, 0.717) is 12.2 Å². The van der Waals surface area contributed by atoms with Gasteiger partial charge in [0.2, 0.25) is 0 Å². The van der Waals surface area contributed by atoms with Gasteiger partial charge in [0.15, 0.2) is 0 Å². The Kier molecular flexibility index (Phi) is 6.18. The quantitative estimate of drug-likeness (QED) is 0.511. The fourth-order valence-electron chi connectivity index (χ4n) is 3.11. The topological polar surface area (TPSA) is 52.3 Å². The third-order valence-corrected chi connectivity index (χ3v) is 4.36. The molecule has 136 valence electrons. The molecular formula is C24H23NO2. The lowest BCUT2D eigenvalue weighted by molar-refractivity contribution is -0.138. The maximum atomic E-state index is 13.0. The molecule has 3 aromatic carbocycles. The van der Waals surface area contributed by atoms with Gasteiger partial charge in [-0.25, -0.2) is 4.79 Å². The molecule has 0 aliphatic carbocycles. The summed E-state index contributed by atoms with van der Waals surface area (Å²) in [6, 6.07) is 28.7.